The van der Waals surface area contributed by atoms with Gasteiger partial charge in [0.2, 0.25) is 0 Å². The predicted molar refractivity (Wildman–Crippen MR) is 64.4 cm³/mol. The van der Waals surface area contributed by atoms with Gasteiger partial charge in [-0.3, -0.25) is 0 Å². The lowest BCUT2D eigenvalue weighted by Crippen LogP contribution is -2.39. The van der Waals surface area contributed by atoms with E-state index in [1.807, 2.05) is 0 Å². The zero-order chi connectivity index (χ0) is 13.2. The number of hydrogen-bond donors (Lipinski definition) is 2. The van der Waals surface area contributed by atoms with Gasteiger partial charge in [-0.25, -0.2) is 8.78 Å². The van der Waals surface area contributed by atoms with E-state index in [1.165, 1.54) is 6.07 Å². The summed E-state index contributed by atoms with van der Waals surface area (Å²) in [4.78, 5) is 0. The Kier molecular flexibility index (Phi) is 3.68. The van der Waals surface area contributed by atoms with Gasteiger partial charge >= 0.3 is 0 Å². The number of rotatable bonds is 4. The van der Waals surface area contributed by atoms with Gasteiger partial charge in [-0.2, -0.15) is 0 Å². The maximum Gasteiger partial charge on any atom is 0.183 e. The molecule has 18 heavy (non-hydrogen) atoms. The van der Waals surface area contributed by atoms with Crippen molar-refractivity contribution in [3.8, 4) is 0 Å². The molecule has 0 aromatic heterocycles. The molecule has 1 saturated heterocycles. The smallest absolute Gasteiger partial charge is 0.183 e. The number of benzene rings is 1. The minimum Gasteiger partial charge on any atom is -0.397 e. The molecule has 3 N–H and O–H groups in total. The molecule has 0 spiro atoms. The fourth-order valence-corrected chi connectivity index (χ4v) is 1.96. The van der Waals surface area contributed by atoms with Crippen LogP contribution >= 0.6 is 0 Å². The highest BCUT2D eigenvalue weighted by molar-refractivity contribution is 5.66. The Morgan fingerprint density at radius 3 is 2.89 bits per heavy atom. The molecule has 100 valence electrons. The van der Waals surface area contributed by atoms with Gasteiger partial charge in [0.05, 0.1) is 18.0 Å². The van der Waals surface area contributed by atoms with E-state index in [-0.39, 0.29) is 11.4 Å². The summed E-state index contributed by atoms with van der Waals surface area (Å²) in [6, 6.07) is 2.33. The average Bonchev–Trinajstić information content (AvgIpc) is 2.84. The number of halogens is 2. The lowest BCUT2D eigenvalue weighted by atomic mass is 10.0. The molecule has 1 heterocycles. The first-order valence-electron chi connectivity index (χ1n) is 5.68. The predicted octanol–water partition coefficient (Wildman–Crippen LogP) is 1.76. The van der Waals surface area contributed by atoms with Crippen molar-refractivity contribution >= 4 is 11.4 Å². The van der Waals surface area contributed by atoms with E-state index in [0.29, 0.717) is 26.2 Å². The summed E-state index contributed by atoms with van der Waals surface area (Å²) in [5.41, 5.74) is 5.25. The van der Waals surface area contributed by atoms with Crippen LogP contribution in [0.5, 0.6) is 0 Å². The van der Waals surface area contributed by atoms with Crippen molar-refractivity contribution in [2.45, 2.75) is 12.0 Å². The molecule has 1 aromatic carbocycles. The Labute approximate surface area is 104 Å². The number of hydrogen-bond acceptors (Lipinski definition) is 4. The second-order valence-corrected chi connectivity index (χ2v) is 4.37. The van der Waals surface area contributed by atoms with Crippen LogP contribution in [0.25, 0.3) is 0 Å². The number of anilines is 2. The molecule has 1 atom stereocenters. The highest BCUT2D eigenvalue weighted by Crippen LogP contribution is 2.28. The van der Waals surface area contributed by atoms with Crippen LogP contribution < -0.4 is 11.1 Å². The molecule has 0 aliphatic carbocycles. The molecule has 1 unspecified atom stereocenters. The van der Waals surface area contributed by atoms with Gasteiger partial charge in [0, 0.05) is 26.7 Å². The maximum absolute atomic E-state index is 13.6. The van der Waals surface area contributed by atoms with Gasteiger partial charge in [0.25, 0.3) is 0 Å². The van der Waals surface area contributed by atoms with Crippen LogP contribution in [0.3, 0.4) is 0 Å². The molecule has 1 aliphatic heterocycles. The van der Waals surface area contributed by atoms with Gasteiger partial charge < -0.3 is 20.5 Å². The van der Waals surface area contributed by atoms with E-state index < -0.39 is 17.2 Å². The molecule has 1 fully saturated rings. The summed E-state index contributed by atoms with van der Waals surface area (Å²) in [5, 5.41) is 2.81. The highest BCUT2D eigenvalue weighted by Gasteiger charge is 2.35. The Morgan fingerprint density at radius 1 is 1.50 bits per heavy atom. The van der Waals surface area contributed by atoms with Crippen molar-refractivity contribution in [1.82, 2.24) is 0 Å². The van der Waals surface area contributed by atoms with Gasteiger partial charge in [-0.1, -0.05) is 0 Å². The summed E-state index contributed by atoms with van der Waals surface area (Å²) in [6.07, 6.45) is 0.702. The Bertz CT molecular complexity index is 434. The third kappa shape index (κ3) is 2.39. The van der Waals surface area contributed by atoms with Crippen molar-refractivity contribution < 1.29 is 18.3 Å². The quantitative estimate of drug-likeness (QED) is 0.808. The van der Waals surface area contributed by atoms with Crippen molar-refractivity contribution in [3.63, 3.8) is 0 Å². The monoisotopic (exact) mass is 258 g/mol. The first kappa shape index (κ1) is 13.0. The summed E-state index contributed by atoms with van der Waals surface area (Å²) in [6.45, 7) is 1.33. The fourth-order valence-electron chi connectivity index (χ4n) is 1.96. The van der Waals surface area contributed by atoms with Crippen molar-refractivity contribution in [2.24, 2.45) is 0 Å². The SMILES string of the molecule is COC1(CNc2c(N)ccc(F)c2F)CCOC1. The summed E-state index contributed by atoms with van der Waals surface area (Å²) in [5.74, 6) is -1.90. The van der Waals surface area contributed by atoms with Gasteiger partial charge in [0.15, 0.2) is 11.6 Å². The second kappa shape index (κ2) is 5.07. The summed E-state index contributed by atoms with van der Waals surface area (Å²) >= 11 is 0. The zero-order valence-electron chi connectivity index (χ0n) is 10.1. The van der Waals surface area contributed by atoms with Gasteiger partial charge in [-0.15, -0.1) is 0 Å². The van der Waals surface area contributed by atoms with E-state index in [0.717, 1.165) is 6.07 Å². The van der Waals surface area contributed by atoms with E-state index in [2.05, 4.69) is 5.32 Å². The van der Waals surface area contributed by atoms with Crippen LogP contribution in [0.4, 0.5) is 20.2 Å². The molecule has 0 bridgehead atoms. The average molecular weight is 258 g/mol. The number of nitrogens with one attached hydrogen (secondary N) is 1. The Morgan fingerprint density at radius 2 is 2.28 bits per heavy atom. The van der Waals surface area contributed by atoms with Crippen LogP contribution in [-0.4, -0.2) is 32.5 Å². The standard InChI is InChI=1S/C12H16F2N2O2/c1-17-12(4-5-18-7-12)6-16-11-9(15)3-2-8(13)10(11)14/h2-3,16H,4-7,15H2,1H3. The van der Waals surface area contributed by atoms with Crippen molar-refractivity contribution in [2.75, 3.05) is 37.9 Å². The summed E-state index contributed by atoms with van der Waals surface area (Å²) in [7, 11) is 1.57. The largest absolute Gasteiger partial charge is 0.397 e. The zero-order valence-corrected chi connectivity index (χ0v) is 10.1. The molecule has 0 amide bonds. The minimum atomic E-state index is -0.972. The fraction of sp³-hybridized carbons (Fsp3) is 0.500. The van der Waals surface area contributed by atoms with Crippen molar-refractivity contribution in [3.05, 3.63) is 23.8 Å². The van der Waals surface area contributed by atoms with Crippen LogP contribution in [0.2, 0.25) is 0 Å². The topological polar surface area (TPSA) is 56.5 Å². The van der Waals surface area contributed by atoms with Crippen LogP contribution in [0, 0.1) is 11.6 Å². The second-order valence-electron chi connectivity index (χ2n) is 4.37. The van der Waals surface area contributed by atoms with Crippen molar-refractivity contribution in [1.29, 1.82) is 0 Å². The summed E-state index contributed by atoms with van der Waals surface area (Å²) < 4.78 is 37.3. The Hall–Kier alpha value is -1.40. The lowest BCUT2D eigenvalue weighted by Gasteiger charge is -2.26. The molecule has 1 aromatic rings. The van der Waals surface area contributed by atoms with E-state index in [4.69, 9.17) is 15.2 Å². The molecule has 4 nitrogen and oxygen atoms in total. The molecular formula is C12H16F2N2O2. The minimum absolute atomic E-state index is 0.0293. The van der Waals surface area contributed by atoms with Crippen LogP contribution in [0.1, 0.15) is 6.42 Å². The lowest BCUT2D eigenvalue weighted by molar-refractivity contribution is -0.00623. The highest BCUT2D eigenvalue weighted by atomic mass is 19.2. The van der Waals surface area contributed by atoms with Gasteiger partial charge in [0.1, 0.15) is 5.60 Å². The molecule has 0 radical (unpaired) electrons. The third-order valence-corrected chi connectivity index (χ3v) is 3.21. The molecule has 2 rings (SSSR count). The van der Waals surface area contributed by atoms with E-state index in [9.17, 15) is 8.78 Å². The molecule has 1 aliphatic rings. The maximum atomic E-state index is 13.6. The van der Waals surface area contributed by atoms with E-state index in [1.54, 1.807) is 7.11 Å². The van der Waals surface area contributed by atoms with Crippen LogP contribution in [0.15, 0.2) is 12.1 Å². The molecular weight excluding hydrogens is 242 g/mol. The van der Waals surface area contributed by atoms with E-state index >= 15 is 0 Å². The van der Waals surface area contributed by atoms with Gasteiger partial charge in [-0.05, 0) is 12.1 Å². The number of ether oxygens (including phenoxy) is 2. The normalized spacial score (nSPS) is 23.3. The number of nitrogens with two attached hydrogens (primary N) is 1. The number of nitrogen functional groups attached to an aromatic ring is 1. The first-order valence-corrected chi connectivity index (χ1v) is 5.68. The molecule has 0 saturated carbocycles. The molecule has 6 heteroatoms. The number of methoxy groups -OCH3 is 1. The Balaban J connectivity index is 2.12. The third-order valence-electron chi connectivity index (χ3n) is 3.21. The first-order chi connectivity index (χ1) is 8.58. The van der Waals surface area contributed by atoms with Crippen LogP contribution in [-0.2, 0) is 9.47 Å².